The van der Waals surface area contributed by atoms with Gasteiger partial charge in [0.15, 0.2) is 18.1 Å². The van der Waals surface area contributed by atoms with Crippen molar-refractivity contribution in [1.82, 2.24) is 9.80 Å². The van der Waals surface area contributed by atoms with Crippen molar-refractivity contribution in [1.29, 1.82) is 0 Å². The minimum absolute atomic E-state index is 0.0284. The molecule has 0 aliphatic carbocycles. The van der Waals surface area contributed by atoms with Gasteiger partial charge in [-0.05, 0) is 42.0 Å². The van der Waals surface area contributed by atoms with E-state index in [1.54, 1.807) is 7.11 Å². The molecule has 3 aromatic carbocycles. The maximum atomic E-state index is 12.5. The summed E-state index contributed by atoms with van der Waals surface area (Å²) in [5, 5.41) is 0. The molecule has 0 saturated carbocycles. The summed E-state index contributed by atoms with van der Waals surface area (Å²) >= 11 is 0. The molecule has 6 nitrogen and oxygen atoms in total. The summed E-state index contributed by atoms with van der Waals surface area (Å²) in [6.45, 7) is 3.95. The van der Waals surface area contributed by atoms with Gasteiger partial charge in [-0.1, -0.05) is 42.5 Å². The lowest BCUT2D eigenvalue weighted by Crippen LogP contribution is -2.49. The van der Waals surface area contributed by atoms with Crippen LogP contribution < -0.4 is 14.2 Å². The average molecular weight is 433 g/mol. The Morgan fingerprint density at radius 1 is 0.812 bits per heavy atom. The van der Waals surface area contributed by atoms with Gasteiger partial charge < -0.3 is 19.1 Å². The molecule has 0 N–H and O–H groups in total. The Morgan fingerprint density at radius 3 is 2.25 bits per heavy atom. The average Bonchev–Trinajstić information content (AvgIpc) is 2.84. The molecule has 0 unspecified atom stereocenters. The van der Waals surface area contributed by atoms with Crippen molar-refractivity contribution >= 4 is 5.91 Å². The van der Waals surface area contributed by atoms with Gasteiger partial charge in [0.05, 0.1) is 7.11 Å². The lowest BCUT2D eigenvalue weighted by Gasteiger charge is -2.34. The number of piperazine rings is 1. The highest BCUT2D eigenvalue weighted by molar-refractivity contribution is 5.77. The first kappa shape index (κ1) is 21.7. The summed E-state index contributed by atoms with van der Waals surface area (Å²) in [4.78, 5) is 16.7. The summed E-state index contributed by atoms with van der Waals surface area (Å²) in [6.07, 6.45) is 0. The zero-order valence-electron chi connectivity index (χ0n) is 18.3. The lowest BCUT2D eigenvalue weighted by molar-refractivity contribution is -0.135. The monoisotopic (exact) mass is 432 g/mol. The first-order valence-electron chi connectivity index (χ1n) is 10.8. The van der Waals surface area contributed by atoms with Crippen molar-refractivity contribution < 1.29 is 19.0 Å². The molecule has 1 aliphatic heterocycles. The number of rotatable bonds is 8. The number of benzene rings is 3. The molecular formula is C26H28N2O4. The van der Waals surface area contributed by atoms with Crippen molar-refractivity contribution in [3.8, 4) is 23.0 Å². The van der Waals surface area contributed by atoms with Gasteiger partial charge in [0, 0.05) is 32.7 Å². The number of carbonyl (C=O) groups is 1. The van der Waals surface area contributed by atoms with Gasteiger partial charge in [-0.15, -0.1) is 0 Å². The summed E-state index contributed by atoms with van der Waals surface area (Å²) in [5.41, 5.74) is 1.17. The normalized spacial score (nSPS) is 14.1. The van der Waals surface area contributed by atoms with E-state index in [0.717, 1.165) is 31.1 Å². The van der Waals surface area contributed by atoms with E-state index in [2.05, 4.69) is 17.0 Å². The Labute approximate surface area is 188 Å². The number of hydrogen-bond donors (Lipinski definition) is 0. The van der Waals surface area contributed by atoms with Crippen molar-refractivity contribution in [2.45, 2.75) is 6.54 Å². The van der Waals surface area contributed by atoms with Crippen LogP contribution in [0.1, 0.15) is 5.56 Å². The molecule has 0 spiro atoms. The molecule has 6 heteroatoms. The first-order valence-corrected chi connectivity index (χ1v) is 10.8. The van der Waals surface area contributed by atoms with Crippen LogP contribution in [0.4, 0.5) is 0 Å². The quantitative estimate of drug-likeness (QED) is 0.534. The number of para-hydroxylation sites is 3. The van der Waals surface area contributed by atoms with E-state index < -0.39 is 0 Å². The molecule has 0 aromatic heterocycles. The smallest absolute Gasteiger partial charge is 0.260 e. The van der Waals surface area contributed by atoms with Crippen molar-refractivity contribution in [2.75, 3.05) is 39.9 Å². The number of amides is 1. The summed E-state index contributed by atoms with van der Waals surface area (Å²) < 4.78 is 17.0. The van der Waals surface area contributed by atoms with Crippen LogP contribution in [0.25, 0.3) is 0 Å². The molecule has 1 amide bonds. The van der Waals surface area contributed by atoms with Gasteiger partial charge in [0.2, 0.25) is 0 Å². The highest BCUT2D eigenvalue weighted by Gasteiger charge is 2.21. The molecule has 1 saturated heterocycles. The molecule has 0 bridgehead atoms. The second-order valence-corrected chi connectivity index (χ2v) is 7.66. The van der Waals surface area contributed by atoms with Crippen molar-refractivity contribution in [3.63, 3.8) is 0 Å². The number of hydrogen-bond acceptors (Lipinski definition) is 5. The largest absolute Gasteiger partial charge is 0.493 e. The zero-order valence-corrected chi connectivity index (χ0v) is 18.3. The van der Waals surface area contributed by atoms with Gasteiger partial charge in [-0.25, -0.2) is 0 Å². The fourth-order valence-electron chi connectivity index (χ4n) is 3.70. The van der Waals surface area contributed by atoms with E-state index in [4.69, 9.17) is 14.2 Å². The molecule has 1 fully saturated rings. The predicted molar refractivity (Wildman–Crippen MR) is 123 cm³/mol. The first-order chi connectivity index (χ1) is 15.7. The van der Waals surface area contributed by atoms with Gasteiger partial charge in [0.1, 0.15) is 11.5 Å². The minimum Gasteiger partial charge on any atom is -0.493 e. The third kappa shape index (κ3) is 5.80. The van der Waals surface area contributed by atoms with Crippen LogP contribution in [0, 0.1) is 0 Å². The Hall–Kier alpha value is -3.51. The summed E-state index contributed by atoms with van der Waals surface area (Å²) in [6, 6.07) is 25.1. The summed E-state index contributed by atoms with van der Waals surface area (Å²) in [7, 11) is 1.64. The molecule has 1 aliphatic rings. The number of ether oxygens (including phenoxy) is 3. The Kier molecular flexibility index (Phi) is 7.25. The molecule has 0 radical (unpaired) electrons. The molecule has 166 valence electrons. The number of carbonyl (C=O) groups excluding carboxylic acids is 1. The SMILES string of the molecule is COc1ccccc1Oc1cccc(CN2CCN(C(=O)COc3ccccc3)CC2)c1. The maximum Gasteiger partial charge on any atom is 0.260 e. The van der Waals surface area contributed by atoms with E-state index in [1.807, 2.05) is 71.6 Å². The highest BCUT2D eigenvalue weighted by atomic mass is 16.5. The molecular weight excluding hydrogens is 404 g/mol. The standard InChI is InChI=1S/C26H28N2O4/c1-30-24-12-5-6-13-25(24)32-23-11-7-8-21(18-23)19-27-14-16-28(17-15-27)26(29)20-31-22-9-3-2-4-10-22/h2-13,18H,14-17,19-20H2,1H3. The Morgan fingerprint density at radius 2 is 1.50 bits per heavy atom. The predicted octanol–water partition coefficient (Wildman–Crippen LogP) is 4.21. The number of methoxy groups -OCH3 is 1. The second-order valence-electron chi connectivity index (χ2n) is 7.66. The van der Waals surface area contributed by atoms with Gasteiger partial charge in [0.25, 0.3) is 5.91 Å². The third-order valence-corrected chi connectivity index (χ3v) is 5.43. The minimum atomic E-state index is 0.0284. The number of nitrogens with zero attached hydrogens (tertiary/aromatic N) is 2. The van der Waals surface area contributed by atoms with E-state index >= 15 is 0 Å². The van der Waals surface area contributed by atoms with Gasteiger partial charge in [-0.2, -0.15) is 0 Å². The van der Waals surface area contributed by atoms with E-state index in [9.17, 15) is 4.79 Å². The topological polar surface area (TPSA) is 51.2 Å². The molecule has 4 rings (SSSR count). The van der Waals surface area contributed by atoms with Crippen LogP contribution in [-0.2, 0) is 11.3 Å². The van der Waals surface area contributed by atoms with E-state index in [-0.39, 0.29) is 12.5 Å². The van der Waals surface area contributed by atoms with E-state index in [1.165, 1.54) is 5.56 Å². The fraction of sp³-hybridized carbons (Fsp3) is 0.269. The fourth-order valence-corrected chi connectivity index (χ4v) is 3.70. The van der Waals surface area contributed by atoms with Crippen LogP contribution in [0.5, 0.6) is 23.0 Å². The van der Waals surface area contributed by atoms with Gasteiger partial charge in [-0.3, -0.25) is 9.69 Å². The highest BCUT2D eigenvalue weighted by Crippen LogP contribution is 2.31. The van der Waals surface area contributed by atoms with Crippen LogP contribution in [0.3, 0.4) is 0 Å². The summed E-state index contributed by atoms with van der Waals surface area (Å²) in [5.74, 6) is 2.92. The Balaban J connectivity index is 1.27. The molecule has 3 aromatic rings. The maximum absolute atomic E-state index is 12.5. The molecule has 0 atom stereocenters. The third-order valence-electron chi connectivity index (χ3n) is 5.43. The Bertz CT molecular complexity index is 1020. The molecule has 1 heterocycles. The van der Waals surface area contributed by atoms with Crippen molar-refractivity contribution in [3.05, 3.63) is 84.4 Å². The molecule has 32 heavy (non-hydrogen) atoms. The van der Waals surface area contributed by atoms with Crippen LogP contribution in [0.15, 0.2) is 78.9 Å². The van der Waals surface area contributed by atoms with Crippen LogP contribution in [0.2, 0.25) is 0 Å². The lowest BCUT2D eigenvalue weighted by atomic mass is 10.2. The second kappa shape index (κ2) is 10.7. The zero-order chi connectivity index (χ0) is 22.2. The van der Waals surface area contributed by atoms with Crippen LogP contribution >= 0.6 is 0 Å². The van der Waals surface area contributed by atoms with Gasteiger partial charge >= 0.3 is 0 Å². The van der Waals surface area contributed by atoms with Crippen LogP contribution in [-0.4, -0.2) is 55.6 Å². The van der Waals surface area contributed by atoms with Crippen molar-refractivity contribution in [2.24, 2.45) is 0 Å². The van der Waals surface area contributed by atoms with E-state index in [0.29, 0.717) is 24.6 Å².